The van der Waals surface area contributed by atoms with Crippen molar-refractivity contribution in [1.82, 2.24) is 15.1 Å². The number of carbonyl (C=O) groups excluding carboxylic acids is 2. The van der Waals surface area contributed by atoms with Gasteiger partial charge in [0.15, 0.2) is 5.69 Å². The maximum atomic E-state index is 13.1. The summed E-state index contributed by atoms with van der Waals surface area (Å²) >= 11 is 0. The predicted molar refractivity (Wildman–Crippen MR) is 114 cm³/mol. The summed E-state index contributed by atoms with van der Waals surface area (Å²) in [6, 6.07) is 15.3. The number of esters is 1. The first-order valence-corrected chi connectivity index (χ1v) is 9.83. The van der Waals surface area contributed by atoms with Crippen LogP contribution in [0.2, 0.25) is 0 Å². The molecule has 1 N–H and O–H groups in total. The van der Waals surface area contributed by atoms with Gasteiger partial charge in [0.2, 0.25) is 0 Å². The molecule has 0 aliphatic heterocycles. The number of hydrogen-bond donors (Lipinski definition) is 1. The zero-order valence-electron chi connectivity index (χ0n) is 17.3. The molecule has 1 aromatic heterocycles. The fourth-order valence-electron chi connectivity index (χ4n) is 3.28. The van der Waals surface area contributed by atoms with Gasteiger partial charge in [-0.2, -0.15) is 5.10 Å². The molecule has 1 atom stereocenters. The number of rotatable bonds is 7. The lowest BCUT2D eigenvalue weighted by Gasteiger charge is -2.18. The molecule has 0 fully saturated rings. The Balaban J connectivity index is 1.99. The van der Waals surface area contributed by atoms with Gasteiger partial charge in [-0.3, -0.25) is 9.59 Å². The Morgan fingerprint density at radius 1 is 1.03 bits per heavy atom. The molecule has 0 aliphatic carbocycles. The summed E-state index contributed by atoms with van der Waals surface area (Å²) in [6.07, 6.45) is 0.281. The van der Waals surface area contributed by atoms with E-state index in [1.807, 2.05) is 44.2 Å². The van der Waals surface area contributed by atoms with E-state index >= 15 is 0 Å². The van der Waals surface area contributed by atoms with E-state index < -0.39 is 17.9 Å². The van der Waals surface area contributed by atoms with Gasteiger partial charge in [-0.15, -0.1) is 0 Å². The van der Waals surface area contributed by atoms with Gasteiger partial charge < -0.3 is 10.1 Å². The average molecular weight is 407 g/mol. The Labute approximate surface area is 174 Å². The van der Waals surface area contributed by atoms with E-state index in [2.05, 4.69) is 10.4 Å². The van der Waals surface area contributed by atoms with Crippen LogP contribution in [0.4, 0.5) is 0 Å². The first-order valence-electron chi connectivity index (χ1n) is 9.83. The molecule has 0 spiro atoms. The molecule has 7 heteroatoms. The number of ether oxygens (including phenoxy) is 1. The number of nitrogens with zero attached hydrogens (tertiary/aromatic N) is 2. The van der Waals surface area contributed by atoms with Crippen molar-refractivity contribution in [3.05, 3.63) is 76.2 Å². The van der Waals surface area contributed by atoms with Crippen LogP contribution < -0.4 is 10.9 Å². The molecule has 0 aliphatic rings. The highest BCUT2D eigenvalue weighted by atomic mass is 16.5. The monoisotopic (exact) mass is 407 g/mol. The molecule has 1 amide bonds. The van der Waals surface area contributed by atoms with E-state index in [1.165, 1.54) is 11.8 Å². The third-order valence-corrected chi connectivity index (χ3v) is 4.69. The first kappa shape index (κ1) is 21.2. The fourth-order valence-corrected chi connectivity index (χ4v) is 3.28. The number of carbonyl (C=O) groups is 2. The van der Waals surface area contributed by atoms with Crippen LogP contribution in [-0.4, -0.2) is 34.8 Å². The van der Waals surface area contributed by atoms with Gasteiger partial charge in [-0.25, -0.2) is 9.48 Å². The lowest BCUT2D eigenvalue weighted by Crippen LogP contribution is -2.44. The van der Waals surface area contributed by atoms with Gasteiger partial charge in [0.25, 0.3) is 11.5 Å². The third kappa shape index (κ3) is 4.74. The zero-order valence-corrected chi connectivity index (χ0v) is 17.3. The quantitative estimate of drug-likeness (QED) is 0.608. The first-order chi connectivity index (χ1) is 14.4. The summed E-state index contributed by atoms with van der Waals surface area (Å²) in [6.45, 7) is 4.32. The summed E-state index contributed by atoms with van der Waals surface area (Å²) in [7, 11) is 1.28. The van der Waals surface area contributed by atoms with Crippen LogP contribution in [0.15, 0.2) is 59.4 Å². The molecular formula is C23H25N3O4. The van der Waals surface area contributed by atoms with Crippen molar-refractivity contribution in [1.29, 1.82) is 0 Å². The smallest absolute Gasteiger partial charge is 0.328 e. The van der Waals surface area contributed by atoms with Crippen molar-refractivity contribution < 1.29 is 14.3 Å². The molecule has 2 aromatic carbocycles. The average Bonchev–Trinajstić information content (AvgIpc) is 2.75. The molecule has 1 unspecified atom stereocenters. The second-order valence-corrected chi connectivity index (χ2v) is 7.51. The summed E-state index contributed by atoms with van der Waals surface area (Å²) in [5.41, 5.74) is 0.744. The fraction of sp³-hybridized carbons (Fsp3) is 0.304. The van der Waals surface area contributed by atoms with Gasteiger partial charge in [-0.05, 0) is 17.5 Å². The molecule has 1 heterocycles. The third-order valence-electron chi connectivity index (χ3n) is 4.69. The maximum Gasteiger partial charge on any atom is 0.328 e. The van der Waals surface area contributed by atoms with Gasteiger partial charge in [0.1, 0.15) is 6.04 Å². The second-order valence-electron chi connectivity index (χ2n) is 7.51. The molecule has 0 saturated heterocycles. The van der Waals surface area contributed by atoms with Crippen LogP contribution in [0, 0.1) is 5.92 Å². The standard InChI is InChI=1S/C23H25N3O4/c1-15(2)14-26-22(28)18-12-8-7-11-17(18)20(25-26)21(27)24-19(23(29)30-3)13-16-9-5-4-6-10-16/h4-12,15,19H,13-14H2,1-3H3,(H,24,27). The number of methoxy groups -OCH3 is 1. The van der Waals surface area contributed by atoms with Crippen LogP contribution in [0.5, 0.6) is 0 Å². The molecule has 7 nitrogen and oxygen atoms in total. The van der Waals surface area contributed by atoms with Crippen LogP contribution in [0.25, 0.3) is 10.8 Å². The van der Waals surface area contributed by atoms with E-state index in [4.69, 9.17) is 4.74 Å². The number of benzene rings is 2. The predicted octanol–water partition coefficient (Wildman–Crippen LogP) is 2.57. The highest BCUT2D eigenvalue weighted by molar-refractivity contribution is 6.05. The topological polar surface area (TPSA) is 90.3 Å². The zero-order chi connectivity index (χ0) is 21.7. The minimum Gasteiger partial charge on any atom is -0.467 e. The molecular weight excluding hydrogens is 382 g/mol. The van der Waals surface area contributed by atoms with Crippen molar-refractivity contribution in [2.45, 2.75) is 32.9 Å². The lowest BCUT2D eigenvalue weighted by molar-refractivity contribution is -0.142. The van der Waals surface area contributed by atoms with Crippen LogP contribution in [0.3, 0.4) is 0 Å². The number of aromatic nitrogens is 2. The Morgan fingerprint density at radius 2 is 1.67 bits per heavy atom. The Bertz CT molecular complexity index is 1110. The minimum atomic E-state index is -0.879. The van der Waals surface area contributed by atoms with Crippen molar-refractivity contribution in [2.75, 3.05) is 7.11 Å². The van der Waals surface area contributed by atoms with Gasteiger partial charge in [-0.1, -0.05) is 62.4 Å². The van der Waals surface area contributed by atoms with E-state index in [0.717, 1.165) is 5.56 Å². The van der Waals surface area contributed by atoms with Crippen molar-refractivity contribution in [3.8, 4) is 0 Å². The Kier molecular flexibility index (Phi) is 6.61. The van der Waals surface area contributed by atoms with E-state index in [1.54, 1.807) is 24.3 Å². The molecule has 0 radical (unpaired) electrons. The summed E-state index contributed by atoms with van der Waals surface area (Å²) in [5, 5.41) is 7.92. The number of hydrogen-bond acceptors (Lipinski definition) is 5. The van der Waals surface area contributed by atoms with Crippen molar-refractivity contribution in [3.63, 3.8) is 0 Å². The second kappa shape index (κ2) is 9.35. The molecule has 156 valence electrons. The molecule has 0 saturated carbocycles. The maximum absolute atomic E-state index is 13.1. The number of amides is 1. The minimum absolute atomic E-state index is 0.104. The number of nitrogens with one attached hydrogen (secondary N) is 1. The van der Waals surface area contributed by atoms with E-state index in [-0.39, 0.29) is 23.6 Å². The summed E-state index contributed by atoms with van der Waals surface area (Å²) in [5.74, 6) is -0.907. The highest BCUT2D eigenvalue weighted by Crippen LogP contribution is 2.15. The molecule has 3 rings (SSSR count). The number of fused-ring (bicyclic) bond motifs is 1. The van der Waals surface area contributed by atoms with Crippen LogP contribution in [-0.2, 0) is 22.5 Å². The van der Waals surface area contributed by atoms with E-state index in [9.17, 15) is 14.4 Å². The van der Waals surface area contributed by atoms with Crippen LogP contribution in [0.1, 0.15) is 29.9 Å². The van der Waals surface area contributed by atoms with Gasteiger partial charge >= 0.3 is 5.97 Å². The normalized spacial score (nSPS) is 12.0. The van der Waals surface area contributed by atoms with Gasteiger partial charge in [0.05, 0.1) is 12.5 Å². The largest absolute Gasteiger partial charge is 0.467 e. The molecule has 0 bridgehead atoms. The van der Waals surface area contributed by atoms with Crippen LogP contribution >= 0.6 is 0 Å². The van der Waals surface area contributed by atoms with Gasteiger partial charge in [0, 0.05) is 18.4 Å². The SMILES string of the molecule is COC(=O)C(Cc1ccccc1)NC(=O)c1nn(CC(C)C)c(=O)c2ccccc12. The summed E-state index contributed by atoms with van der Waals surface area (Å²) < 4.78 is 6.19. The molecule has 30 heavy (non-hydrogen) atoms. The highest BCUT2D eigenvalue weighted by Gasteiger charge is 2.25. The van der Waals surface area contributed by atoms with E-state index in [0.29, 0.717) is 17.3 Å². The van der Waals surface area contributed by atoms with Crippen molar-refractivity contribution >= 4 is 22.6 Å². The Hall–Kier alpha value is -3.48. The summed E-state index contributed by atoms with van der Waals surface area (Å²) in [4.78, 5) is 38.2. The lowest BCUT2D eigenvalue weighted by atomic mass is 10.1. The Morgan fingerprint density at radius 3 is 2.30 bits per heavy atom. The molecule has 3 aromatic rings. The van der Waals surface area contributed by atoms with Crippen molar-refractivity contribution in [2.24, 2.45) is 5.92 Å².